The fraction of sp³-hybridized carbons (Fsp3) is 0.850. The highest BCUT2D eigenvalue weighted by molar-refractivity contribution is 7.91. The summed E-state index contributed by atoms with van der Waals surface area (Å²) in [5.41, 5.74) is 3.91. The number of sulfone groups is 1. The molecule has 268 valence electrons. The van der Waals surface area contributed by atoms with Crippen molar-refractivity contribution in [1.82, 2.24) is 10.2 Å². The third-order valence-corrected chi connectivity index (χ3v) is 18.4. The Hall–Kier alpha value is -1.67. The summed E-state index contributed by atoms with van der Waals surface area (Å²) in [5.74, 6) is 2.49. The largest absolute Gasteiger partial charge is 0.481 e. The molecule has 4 saturated carbocycles. The minimum Gasteiger partial charge on any atom is -0.481 e. The molecule has 48 heavy (non-hydrogen) atoms. The fourth-order valence-corrected chi connectivity index (χ4v) is 14.8. The first-order valence-electron chi connectivity index (χ1n) is 19.5. The number of piperidine rings is 1. The predicted octanol–water partition coefficient (Wildman–Crippen LogP) is 7.18. The zero-order chi connectivity index (χ0) is 34.3. The summed E-state index contributed by atoms with van der Waals surface area (Å²) in [6.07, 6.45) is 22.0. The van der Waals surface area contributed by atoms with E-state index in [9.17, 15) is 23.1 Å². The second-order valence-corrected chi connectivity index (χ2v) is 20.7. The minimum absolute atomic E-state index is 0.0551. The number of hydrogen-bond donors (Lipinski definition) is 2. The van der Waals surface area contributed by atoms with Crippen LogP contribution in [-0.4, -0.2) is 67.0 Å². The van der Waals surface area contributed by atoms with Crippen LogP contribution in [0.4, 0.5) is 0 Å². The maximum absolute atomic E-state index is 13.4. The second-order valence-electron chi connectivity index (χ2n) is 18.3. The molecule has 7 rings (SSSR count). The molecule has 5 fully saturated rings. The van der Waals surface area contributed by atoms with Gasteiger partial charge in [-0.2, -0.15) is 0 Å². The molecule has 3 unspecified atom stereocenters. The van der Waals surface area contributed by atoms with Crippen molar-refractivity contribution in [2.75, 3.05) is 25.9 Å². The van der Waals surface area contributed by atoms with Gasteiger partial charge in [0.2, 0.25) is 5.91 Å². The van der Waals surface area contributed by atoms with Crippen molar-refractivity contribution >= 4 is 21.7 Å². The molecule has 10 atom stereocenters. The molecule has 7 aliphatic rings. The Balaban J connectivity index is 1.05. The van der Waals surface area contributed by atoms with Crippen LogP contribution in [0.1, 0.15) is 124 Å². The van der Waals surface area contributed by atoms with Crippen LogP contribution in [0.3, 0.4) is 0 Å². The van der Waals surface area contributed by atoms with Gasteiger partial charge in [0.1, 0.15) is 9.84 Å². The number of amides is 1. The monoisotopic (exact) mass is 682 g/mol. The molecule has 8 heteroatoms. The van der Waals surface area contributed by atoms with Crippen LogP contribution >= 0.6 is 0 Å². The van der Waals surface area contributed by atoms with E-state index < -0.39 is 15.8 Å². The first-order chi connectivity index (χ1) is 22.6. The van der Waals surface area contributed by atoms with Crippen molar-refractivity contribution in [2.45, 2.75) is 135 Å². The van der Waals surface area contributed by atoms with Crippen LogP contribution < -0.4 is 5.32 Å². The minimum atomic E-state index is -3.05. The number of nitrogens with zero attached hydrogens (tertiary/aromatic N) is 1. The van der Waals surface area contributed by atoms with Crippen LogP contribution in [0.25, 0.3) is 0 Å². The Morgan fingerprint density at radius 1 is 0.896 bits per heavy atom. The molecule has 1 heterocycles. The average Bonchev–Trinajstić information content (AvgIpc) is 3.48. The summed E-state index contributed by atoms with van der Waals surface area (Å²) < 4.78 is 24.1. The van der Waals surface area contributed by atoms with E-state index in [1.807, 2.05) is 4.90 Å². The van der Waals surface area contributed by atoms with Gasteiger partial charge in [-0.15, -0.1) is 0 Å². The molecule has 0 aromatic rings. The molecule has 0 aromatic heterocycles. The number of allylic oxidation sites excluding steroid dienone is 4. The van der Waals surface area contributed by atoms with Gasteiger partial charge in [0, 0.05) is 24.9 Å². The number of aliphatic carboxylic acids is 1. The van der Waals surface area contributed by atoms with Gasteiger partial charge in [-0.1, -0.05) is 46.3 Å². The molecular formula is C40H62N2O5S. The smallest absolute Gasteiger partial charge is 0.306 e. The van der Waals surface area contributed by atoms with Gasteiger partial charge >= 0.3 is 5.97 Å². The van der Waals surface area contributed by atoms with E-state index in [2.05, 4.69) is 45.2 Å². The maximum atomic E-state index is 13.4. The summed E-state index contributed by atoms with van der Waals surface area (Å²) in [7, 11) is -3.05. The molecular weight excluding hydrogens is 621 g/mol. The van der Waals surface area contributed by atoms with Crippen molar-refractivity contribution in [3.05, 3.63) is 23.3 Å². The Morgan fingerprint density at radius 2 is 1.65 bits per heavy atom. The van der Waals surface area contributed by atoms with E-state index >= 15 is 0 Å². The number of fused-ring (bicyclic) bond motifs is 7. The van der Waals surface area contributed by atoms with E-state index in [0.29, 0.717) is 84.7 Å². The number of carbonyl (C=O) groups excluding carboxylic acids is 1. The van der Waals surface area contributed by atoms with Gasteiger partial charge < -0.3 is 15.3 Å². The van der Waals surface area contributed by atoms with Crippen LogP contribution in [0.15, 0.2) is 23.3 Å². The molecule has 0 aromatic carbocycles. The van der Waals surface area contributed by atoms with Crippen LogP contribution in [0.5, 0.6) is 0 Å². The molecule has 1 amide bonds. The van der Waals surface area contributed by atoms with Crippen molar-refractivity contribution < 1.29 is 23.1 Å². The maximum Gasteiger partial charge on any atom is 0.306 e. The summed E-state index contributed by atoms with van der Waals surface area (Å²) in [6.45, 7) is 11.9. The topological polar surface area (TPSA) is 104 Å². The zero-order valence-corrected chi connectivity index (χ0v) is 31.2. The molecule has 7 nitrogen and oxygen atoms in total. The molecule has 0 radical (unpaired) electrons. The van der Waals surface area contributed by atoms with Crippen LogP contribution in [-0.2, 0) is 19.4 Å². The highest BCUT2D eigenvalue weighted by Gasteiger charge is 2.68. The number of rotatable bonds is 6. The van der Waals surface area contributed by atoms with E-state index in [4.69, 9.17) is 0 Å². The lowest BCUT2D eigenvalue weighted by Gasteiger charge is -2.71. The third kappa shape index (κ3) is 5.38. The van der Waals surface area contributed by atoms with E-state index in [1.165, 1.54) is 68.8 Å². The fourth-order valence-electron chi connectivity index (χ4n) is 13.8. The lowest BCUT2D eigenvalue weighted by atomic mass is 9.34. The average molecular weight is 683 g/mol. The van der Waals surface area contributed by atoms with Gasteiger partial charge in [0.25, 0.3) is 0 Å². The number of nitrogens with one attached hydrogen (secondary N) is 1. The third-order valence-electron chi connectivity index (χ3n) is 16.7. The lowest BCUT2D eigenvalue weighted by Crippen LogP contribution is -2.67. The lowest BCUT2D eigenvalue weighted by molar-refractivity contribution is -0.212. The SMILES string of the molecule is CC1C(C2=CC[C@H](C(=O)O)CC2)=CC[C@@]2(C)C1CC[C@]1(C)C2CC[C@@H]2[C@H]3CCC[C@]3(NCC(=O)N3CCC(S(C)(=O)=O)CC3)CC[C@]21C. The Labute approximate surface area is 290 Å². The van der Waals surface area contributed by atoms with Gasteiger partial charge in [-0.3, -0.25) is 9.59 Å². The Kier molecular flexibility index (Phi) is 8.86. The van der Waals surface area contributed by atoms with Crippen molar-refractivity contribution in [2.24, 2.45) is 51.8 Å². The summed E-state index contributed by atoms with van der Waals surface area (Å²) in [6, 6.07) is 0. The van der Waals surface area contributed by atoms with Crippen molar-refractivity contribution in [3.63, 3.8) is 0 Å². The van der Waals surface area contributed by atoms with Gasteiger partial charge in [0.15, 0.2) is 0 Å². The summed E-state index contributed by atoms with van der Waals surface area (Å²) >= 11 is 0. The molecule has 1 aliphatic heterocycles. The summed E-state index contributed by atoms with van der Waals surface area (Å²) in [5, 5.41) is 13.1. The van der Waals surface area contributed by atoms with E-state index in [-0.39, 0.29) is 22.6 Å². The quantitative estimate of drug-likeness (QED) is 0.308. The normalized spacial score (nSPS) is 44.8. The number of likely N-dealkylation sites (tertiary alicyclic amines) is 1. The van der Waals surface area contributed by atoms with Crippen molar-refractivity contribution in [1.29, 1.82) is 0 Å². The second kappa shape index (κ2) is 12.2. The summed E-state index contributed by atoms with van der Waals surface area (Å²) in [4.78, 5) is 26.9. The van der Waals surface area contributed by atoms with Crippen LogP contribution in [0, 0.1) is 51.8 Å². The standard InChI is InChI=1S/C40H62N2O5S/c1-26-30(27-8-10-28(11-9-27)36(44)45)14-19-37(2)31(26)15-20-39(4)34(37)13-12-32-33-7-6-18-40(33,22-21-38(32,39)3)41-25-35(43)42-23-16-29(17-24-42)48(5,46)47/h8,14,26,28-29,31-34,41H,6-7,9-13,15-25H2,1-5H3,(H,44,45)/t26?,28-,31?,32+,33+,34?,37-,38+,39+,40-/m0/s1. The van der Waals surface area contributed by atoms with Crippen LogP contribution in [0.2, 0.25) is 0 Å². The number of carbonyl (C=O) groups is 2. The predicted molar refractivity (Wildman–Crippen MR) is 190 cm³/mol. The first-order valence-corrected chi connectivity index (χ1v) is 21.4. The number of carboxylic acids is 1. The zero-order valence-electron chi connectivity index (χ0n) is 30.4. The highest BCUT2D eigenvalue weighted by Crippen LogP contribution is 2.75. The van der Waals surface area contributed by atoms with E-state index in [1.54, 1.807) is 0 Å². The molecule has 0 spiro atoms. The van der Waals surface area contributed by atoms with E-state index in [0.717, 1.165) is 25.7 Å². The highest BCUT2D eigenvalue weighted by atomic mass is 32.2. The molecule has 0 bridgehead atoms. The number of hydrogen-bond acceptors (Lipinski definition) is 5. The Bertz CT molecular complexity index is 1480. The molecule has 2 N–H and O–H groups in total. The van der Waals surface area contributed by atoms with Gasteiger partial charge in [-0.05, 0) is 147 Å². The molecule has 1 saturated heterocycles. The first kappa shape index (κ1) is 34.8. The van der Waals surface area contributed by atoms with Gasteiger partial charge in [-0.25, -0.2) is 8.42 Å². The molecule has 6 aliphatic carbocycles. The van der Waals surface area contributed by atoms with Crippen molar-refractivity contribution in [3.8, 4) is 0 Å². The van der Waals surface area contributed by atoms with Gasteiger partial charge in [0.05, 0.1) is 17.7 Å². The number of carboxylic acid groups (broad SMARTS) is 1. The Morgan fingerprint density at radius 3 is 2.31 bits per heavy atom.